The Morgan fingerprint density at radius 2 is 2.19 bits per heavy atom. The van der Waals surface area contributed by atoms with Gasteiger partial charge in [-0.05, 0) is 13.0 Å². The molecule has 7 heteroatoms. The van der Waals surface area contributed by atoms with Crippen LogP contribution in [0.3, 0.4) is 0 Å². The number of fused-ring (bicyclic) bond motifs is 1. The molecule has 2 aromatic rings. The average Bonchev–Trinajstić information content (AvgIpc) is 3.17. The van der Waals surface area contributed by atoms with Gasteiger partial charge in [-0.1, -0.05) is 18.2 Å². The maximum Gasteiger partial charge on any atom is 0.222 e. The van der Waals surface area contributed by atoms with E-state index in [0.29, 0.717) is 19.6 Å². The van der Waals surface area contributed by atoms with Crippen LogP contribution in [0.1, 0.15) is 50.3 Å². The molecule has 1 amide bonds. The molecule has 1 fully saturated rings. The van der Waals surface area contributed by atoms with E-state index in [9.17, 15) is 4.79 Å². The molecule has 2 atom stereocenters. The van der Waals surface area contributed by atoms with Crippen molar-refractivity contribution in [2.75, 3.05) is 13.2 Å². The molecule has 0 saturated carbocycles. The van der Waals surface area contributed by atoms with E-state index in [2.05, 4.69) is 15.4 Å². The first-order chi connectivity index (χ1) is 12.7. The lowest BCUT2D eigenvalue weighted by Gasteiger charge is -2.44. The predicted molar refractivity (Wildman–Crippen MR) is 94.7 cm³/mol. The fourth-order valence-electron chi connectivity index (χ4n) is 3.86. The Morgan fingerprint density at radius 1 is 1.38 bits per heavy atom. The van der Waals surface area contributed by atoms with Gasteiger partial charge in [-0.3, -0.25) is 4.79 Å². The number of nitrogens with one attached hydrogen (secondary N) is 1. The highest BCUT2D eigenvalue weighted by atomic mass is 16.5. The Hall–Kier alpha value is -2.41. The van der Waals surface area contributed by atoms with Crippen molar-refractivity contribution in [3.05, 3.63) is 42.5 Å². The van der Waals surface area contributed by atoms with Crippen LogP contribution >= 0.6 is 0 Å². The predicted octanol–water partition coefficient (Wildman–Crippen LogP) is 2.42. The van der Waals surface area contributed by atoms with Crippen LogP contribution in [0.4, 0.5) is 0 Å². The number of carbonyl (C=O) groups excluding carboxylic acids is 1. The van der Waals surface area contributed by atoms with Crippen LogP contribution in [-0.2, 0) is 9.53 Å². The van der Waals surface area contributed by atoms with Gasteiger partial charge < -0.3 is 14.8 Å². The lowest BCUT2D eigenvalue weighted by atomic mass is 9.82. The molecule has 2 aliphatic rings. The summed E-state index contributed by atoms with van der Waals surface area (Å²) in [6.45, 7) is 3.37. The van der Waals surface area contributed by atoms with Crippen molar-refractivity contribution in [2.45, 2.75) is 50.3 Å². The van der Waals surface area contributed by atoms with Crippen molar-refractivity contribution in [2.24, 2.45) is 0 Å². The second-order valence-electron chi connectivity index (χ2n) is 7.19. The van der Waals surface area contributed by atoms with E-state index < -0.39 is 0 Å². The molecule has 1 aromatic carbocycles. The van der Waals surface area contributed by atoms with Crippen LogP contribution < -0.4 is 10.1 Å². The van der Waals surface area contributed by atoms with Gasteiger partial charge in [0.05, 0.1) is 25.3 Å². The number of ether oxygens (including phenoxy) is 2. The maximum atomic E-state index is 12.7. The molecular formula is C19H24N4O3. The fraction of sp³-hybridized carbons (Fsp3) is 0.526. The first kappa shape index (κ1) is 17.0. The van der Waals surface area contributed by atoms with Gasteiger partial charge in [0.25, 0.3) is 0 Å². The van der Waals surface area contributed by atoms with Gasteiger partial charge in [-0.2, -0.15) is 5.10 Å². The van der Waals surface area contributed by atoms with Crippen molar-refractivity contribution >= 4 is 5.91 Å². The van der Waals surface area contributed by atoms with E-state index in [1.807, 2.05) is 31.2 Å². The molecule has 1 N–H and O–H groups in total. The van der Waals surface area contributed by atoms with E-state index >= 15 is 0 Å². The third-order valence-corrected chi connectivity index (χ3v) is 5.31. The summed E-state index contributed by atoms with van der Waals surface area (Å²) in [6, 6.07) is 7.90. The summed E-state index contributed by atoms with van der Waals surface area (Å²) in [6.07, 6.45) is 5.96. The minimum Gasteiger partial charge on any atom is -0.487 e. The minimum absolute atomic E-state index is 0.0110. The van der Waals surface area contributed by atoms with Crippen molar-refractivity contribution in [3.63, 3.8) is 0 Å². The van der Waals surface area contributed by atoms with Crippen LogP contribution in [0.15, 0.2) is 36.9 Å². The zero-order valence-electron chi connectivity index (χ0n) is 14.9. The van der Waals surface area contributed by atoms with E-state index in [1.165, 1.54) is 6.33 Å². The van der Waals surface area contributed by atoms with Crippen molar-refractivity contribution < 1.29 is 14.3 Å². The highest BCUT2D eigenvalue weighted by Gasteiger charge is 2.42. The van der Waals surface area contributed by atoms with Gasteiger partial charge in [-0.15, -0.1) is 0 Å². The standard InChI is InChI=1S/C19H24N4O3/c1-14(23-13-20-12-21-23)10-18(24)22-16-11-19(6-8-25-9-7-19)26-17-5-3-2-4-15(16)17/h2-5,12-14,16H,6-11H2,1H3,(H,22,24). The van der Waals surface area contributed by atoms with Gasteiger partial charge >= 0.3 is 0 Å². The van der Waals surface area contributed by atoms with Crippen LogP contribution in [0.25, 0.3) is 0 Å². The highest BCUT2D eigenvalue weighted by molar-refractivity contribution is 5.77. The molecule has 138 valence electrons. The Morgan fingerprint density at radius 3 is 2.96 bits per heavy atom. The lowest BCUT2D eigenvalue weighted by Crippen LogP contribution is -2.48. The summed E-state index contributed by atoms with van der Waals surface area (Å²) in [5.41, 5.74) is 0.800. The first-order valence-corrected chi connectivity index (χ1v) is 9.14. The normalized spacial score (nSPS) is 22.3. The first-order valence-electron chi connectivity index (χ1n) is 9.14. The Bertz CT molecular complexity index is 756. The molecule has 4 rings (SSSR count). The molecule has 1 spiro atoms. The maximum absolute atomic E-state index is 12.7. The third kappa shape index (κ3) is 3.44. The monoisotopic (exact) mass is 356 g/mol. The van der Waals surface area contributed by atoms with Gasteiger partial charge in [0.2, 0.25) is 5.91 Å². The molecule has 0 aliphatic carbocycles. The van der Waals surface area contributed by atoms with Crippen LogP contribution in [0.5, 0.6) is 5.75 Å². The van der Waals surface area contributed by atoms with E-state index in [0.717, 1.165) is 30.6 Å². The highest BCUT2D eigenvalue weighted by Crippen LogP contribution is 2.43. The molecule has 2 unspecified atom stereocenters. The molecule has 1 aromatic heterocycles. The second-order valence-corrected chi connectivity index (χ2v) is 7.19. The topological polar surface area (TPSA) is 78.3 Å². The van der Waals surface area contributed by atoms with Gasteiger partial charge in [0, 0.05) is 31.2 Å². The quantitative estimate of drug-likeness (QED) is 0.910. The van der Waals surface area contributed by atoms with Gasteiger partial charge in [0.15, 0.2) is 0 Å². The summed E-state index contributed by atoms with van der Waals surface area (Å²) in [4.78, 5) is 16.6. The molecule has 0 radical (unpaired) electrons. The Balaban J connectivity index is 1.50. The van der Waals surface area contributed by atoms with Crippen LogP contribution in [0.2, 0.25) is 0 Å². The molecule has 26 heavy (non-hydrogen) atoms. The molecule has 7 nitrogen and oxygen atoms in total. The van der Waals surface area contributed by atoms with Crippen molar-refractivity contribution in [1.29, 1.82) is 0 Å². The fourth-order valence-corrected chi connectivity index (χ4v) is 3.86. The van der Waals surface area contributed by atoms with Crippen molar-refractivity contribution in [1.82, 2.24) is 20.1 Å². The number of para-hydroxylation sites is 1. The third-order valence-electron chi connectivity index (χ3n) is 5.31. The van der Waals surface area contributed by atoms with E-state index in [1.54, 1.807) is 11.0 Å². The molecule has 1 saturated heterocycles. The summed E-state index contributed by atoms with van der Waals surface area (Å²) >= 11 is 0. The molecule has 2 aliphatic heterocycles. The van der Waals surface area contributed by atoms with E-state index in [-0.39, 0.29) is 23.6 Å². The lowest BCUT2D eigenvalue weighted by molar-refractivity contribution is -0.123. The summed E-state index contributed by atoms with van der Waals surface area (Å²) in [5, 5.41) is 7.33. The largest absolute Gasteiger partial charge is 0.487 e. The number of hydrogen-bond acceptors (Lipinski definition) is 5. The summed E-state index contributed by atoms with van der Waals surface area (Å²) in [7, 11) is 0. The number of benzene rings is 1. The average molecular weight is 356 g/mol. The number of aromatic nitrogens is 3. The molecule has 0 bridgehead atoms. The van der Waals surface area contributed by atoms with E-state index in [4.69, 9.17) is 9.47 Å². The van der Waals surface area contributed by atoms with Gasteiger partial charge in [0.1, 0.15) is 24.0 Å². The zero-order valence-corrected chi connectivity index (χ0v) is 14.9. The summed E-state index contributed by atoms with van der Waals surface area (Å²) < 4.78 is 13.6. The molecule has 3 heterocycles. The molecular weight excluding hydrogens is 332 g/mol. The van der Waals surface area contributed by atoms with Crippen LogP contribution in [0, 0.1) is 0 Å². The number of nitrogens with zero attached hydrogens (tertiary/aromatic N) is 3. The number of hydrogen-bond donors (Lipinski definition) is 1. The SMILES string of the molecule is CC(CC(=O)NC1CC2(CCOCC2)Oc2ccccc21)n1cncn1. The van der Waals surface area contributed by atoms with Gasteiger partial charge in [-0.25, -0.2) is 9.67 Å². The Kier molecular flexibility index (Phi) is 4.63. The number of amides is 1. The van der Waals surface area contributed by atoms with Crippen molar-refractivity contribution in [3.8, 4) is 5.75 Å². The number of carbonyl (C=O) groups is 1. The number of rotatable bonds is 4. The summed E-state index contributed by atoms with van der Waals surface area (Å²) in [5.74, 6) is 0.882. The minimum atomic E-state index is -0.248. The second kappa shape index (κ2) is 7.07. The Labute approximate surface area is 152 Å². The van der Waals surface area contributed by atoms with Crippen LogP contribution in [-0.4, -0.2) is 39.5 Å². The zero-order chi connectivity index (χ0) is 18.0. The smallest absolute Gasteiger partial charge is 0.222 e.